The predicted molar refractivity (Wildman–Crippen MR) is 109 cm³/mol. The van der Waals surface area contributed by atoms with Gasteiger partial charge in [0.1, 0.15) is 17.4 Å². The zero-order valence-corrected chi connectivity index (χ0v) is 18.3. The Morgan fingerprint density at radius 2 is 1.79 bits per heavy atom. The molecule has 2 amide bonds. The molecule has 0 heterocycles. The molecule has 0 saturated heterocycles. The number of carbonyl (C=O) groups excluding carboxylic acids is 2. The normalized spacial score (nSPS) is 12.7. The molecule has 1 rings (SSSR count). The van der Waals surface area contributed by atoms with Crippen LogP contribution in [0.1, 0.15) is 40.2 Å². The summed E-state index contributed by atoms with van der Waals surface area (Å²) < 4.78 is 10.3. The van der Waals surface area contributed by atoms with Crippen LogP contribution in [0, 0.1) is 5.41 Å². The minimum atomic E-state index is -1.16. The third-order valence-corrected chi connectivity index (χ3v) is 4.24. The second-order valence-corrected chi connectivity index (χ2v) is 8.69. The van der Waals surface area contributed by atoms with Gasteiger partial charge >= 0.3 is 12.1 Å². The number of methoxy groups -OCH3 is 1. The van der Waals surface area contributed by atoms with Crippen molar-refractivity contribution in [1.82, 2.24) is 10.6 Å². The number of aliphatic carboxylic acids is 1. The van der Waals surface area contributed by atoms with Gasteiger partial charge in [-0.1, -0.05) is 17.7 Å². The van der Waals surface area contributed by atoms with Crippen LogP contribution in [0.4, 0.5) is 4.79 Å². The highest BCUT2D eigenvalue weighted by molar-refractivity contribution is 6.32. The second kappa shape index (κ2) is 9.82. The van der Waals surface area contributed by atoms with Crippen molar-refractivity contribution in [3.63, 3.8) is 0 Å². The molecule has 0 saturated carbocycles. The van der Waals surface area contributed by atoms with Gasteiger partial charge in [0.2, 0.25) is 5.91 Å². The summed E-state index contributed by atoms with van der Waals surface area (Å²) in [6, 6.07) is 4.04. The SMILES string of the molecule is COc1ccc(CC(NC(=O)OC(C)(C)C)C(=O)NCC(C)(C)C(=O)O)cc1Cl. The Hall–Kier alpha value is -2.48. The molecule has 1 aromatic carbocycles. The molecule has 0 fully saturated rings. The van der Waals surface area contributed by atoms with Crippen molar-refractivity contribution in [3.05, 3.63) is 28.8 Å². The number of hydrogen-bond acceptors (Lipinski definition) is 5. The summed E-state index contributed by atoms with van der Waals surface area (Å²) in [5.74, 6) is -1.09. The first kappa shape index (κ1) is 24.6. The lowest BCUT2D eigenvalue weighted by Crippen LogP contribution is -2.51. The van der Waals surface area contributed by atoms with Gasteiger partial charge in [0.05, 0.1) is 17.5 Å². The highest BCUT2D eigenvalue weighted by atomic mass is 35.5. The highest BCUT2D eigenvalue weighted by Crippen LogP contribution is 2.25. The molecule has 1 aromatic rings. The summed E-state index contributed by atoms with van der Waals surface area (Å²) in [6.07, 6.45) is -0.628. The molecule has 9 heteroatoms. The van der Waals surface area contributed by atoms with E-state index in [2.05, 4.69) is 10.6 Å². The van der Waals surface area contributed by atoms with E-state index in [4.69, 9.17) is 21.1 Å². The standard InChI is InChI=1S/C20H29ClN2O6/c1-19(2,3)29-18(27)23-14(16(24)22-11-20(4,5)17(25)26)10-12-7-8-15(28-6)13(21)9-12/h7-9,14H,10-11H2,1-6H3,(H,22,24)(H,23,27)(H,25,26). The highest BCUT2D eigenvalue weighted by Gasteiger charge is 2.30. The van der Waals surface area contributed by atoms with E-state index < -0.39 is 35.0 Å². The molecule has 0 aliphatic heterocycles. The number of amides is 2. The first-order valence-electron chi connectivity index (χ1n) is 9.08. The van der Waals surface area contributed by atoms with E-state index in [0.717, 1.165) is 0 Å². The van der Waals surface area contributed by atoms with Crippen molar-refractivity contribution < 1.29 is 29.0 Å². The van der Waals surface area contributed by atoms with Crippen molar-refractivity contribution in [2.24, 2.45) is 5.41 Å². The molecule has 1 atom stereocenters. The monoisotopic (exact) mass is 428 g/mol. The third-order valence-electron chi connectivity index (χ3n) is 3.95. The van der Waals surface area contributed by atoms with E-state index in [-0.39, 0.29) is 13.0 Å². The fraction of sp³-hybridized carbons (Fsp3) is 0.550. The zero-order chi connectivity index (χ0) is 22.4. The molecular weight excluding hydrogens is 400 g/mol. The molecule has 162 valence electrons. The van der Waals surface area contributed by atoms with Crippen LogP contribution in [0.3, 0.4) is 0 Å². The molecule has 0 radical (unpaired) electrons. The Balaban J connectivity index is 2.98. The topological polar surface area (TPSA) is 114 Å². The van der Waals surface area contributed by atoms with Crippen LogP contribution in [-0.4, -0.2) is 48.4 Å². The molecule has 1 unspecified atom stereocenters. The predicted octanol–water partition coefficient (Wildman–Crippen LogP) is 3.01. The van der Waals surface area contributed by atoms with Gasteiger partial charge in [0, 0.05) is 13.0 Å². The van der Waals surface area contributed by atoms with E-state index in [1.54, 1.807) is 39.0 Å². The maximum Gasteiger partial charge on any atom is 0.408 e. The lowest BCUT2D eigenvalue weighted by atomic mass is 9.93. The number of carbonyl (C=O) groups is 3. The maximum atomic E-state index is 12.7. The number of hydrogen-bond donors (Lipinski definition) is 3. The zero-order valence-electron chi connectivity index (χ0n) is 17.6. The number of alkyl carbamates (subject to hydrolysis) is 1. The van der Waals surface area contributed by atoms with Gasteiger partial charge in [-0.2, -0.15) is 0 Å². The lowest BCUT2D eigenvalue weighted by molar-refractivity contribution is -0.146. The summed E-state index contributed by atoms with van der Waals surface area (Å²) in [4.78, 5) is 36.1. The van der Waals surface area contributed by atoms with E-state index >= 15 is 0 Å². The molecule has 0 spiro atoms. The van der Waals surface area contributed by atoms with E-state index in [0.29, 0.717) is 16.3 Å². The lowest BCUT2D eigenvalue weighted by Gasteiger charge is -2.25. The number of carboxylic acid groups (broad SMARTS) is 1. The molecule has 8 nitrogen and oxygen atoms in total. The third kappa shape index (κ3) is 8.19. The van der Waals surface area contributed by atoms with Gasteiger partial charge in [-0.3, -0.25) is 9.59 Å². The van der Waals surface area contributed by atoms with Gasteiger partial charge in [0.15, 0.2) is 0 Å². The minimum absolute atomic E-state index is 0.100. The first-order valence-corrected chi connectivity index (χ1v) is 9.46. The summed E-state index contributed by atoms with van der Waals surface area (Å²) in [6.45, 7) is 8.02. The molecule has 0 aliphatic carbocycles. The molecule has 0 aromatic heterocycles. The Kier molecular flexibility index (Phi) is 8.32. The van der Waals surface area contributed by atoms with Crippen LogP contribution < -0.4 is 15.4 Å². The summed E-state index contributed by atoms with van der Waals surface area (Å²) in [5, 5.41) is 14.7. The fourth-order valence-electron chi connectivity index (χ4n) is 2.24. The number of nitrogens with one attached hydrogen (secondary N) is 2. The Morgan fingerprint density at radius 3 is 2.28 bits per heavy atom. The van der Waals surface area contributed by atoms with Gasteiger partial charge in [0.25, 0.3) is 0 Å². The Morgan fingerprint density at radius 1 is 1.17 bits per heavy atom. The average molecular weight is 429 g/mol. The van der Waals surface area contributed by atoms with Gasteiger partial charge in [-0.25, -0.2) is 4.79 Å². The quantitative estimate of drug-likeness (QED) is 0.586. The van der Waals surface area contributed by atoms with Gasteiger partial charge in [-0.05, 0) is 52.3 Å². The van der Waals surface area contributed by atoms with Gasteiger partial charge < -0.3 is 25.2 Å². The van der Waals surface area contributed by atoms with Crippen molar-refractivity contribution in [1.29, 1.82) is 0 Å². The summed E-state index contributed by atoms with van der Waals surface area (Å²) in [7, 11) is 1.49. The largest absolute Gasteiger partial charge is 0.495 e. The van der Waals surface area contributed by atoms with Crippen molar-refractivity contribution in [2.75, 3.05) is 13.7 Å². The molecule has 0 aliphatic rings. The maximum absolute atomic E-state index is 12.7. The smallest absolute Gasteiger partial charge is 0.408 e. The van der Waals surface area contributed by atoms with Gasteiger partial charge in [-0.15, -0.1) is 0 Å². The van der Waals surface area contributed by atoms with Crippen LogP contribution in [0.2, 0.25) is 5.02 Å². The molecular formula is C20H29ClN2O6. The van der Waals surface area contributed by atoms with Crippen molar-refractivity contribution >= 4 is 29.6 Å². The Bertz CT molecular complexity index is 758. The molecule has 3 N–H and O–H groups in total. The van der Waals surface area contributed by atoms with E-state index in [1.165, 1.54) is 21.0 Å². The Labute approximate surface area is 175 Å². The van der Waals surface area contributed by atoms with E-state index in [1.807, 2.05) is 0 Å². The van der Waals surface area contributed by atoms with Crippen LogP contribution in [0.25, 0.3) is 0 Å². The van der Waals surface area contributed by atoms with Crippen LogP contribution in [-0.2, 0) is 20.7 Å². The minimum Gasteiger partial charge on any atom is -0.495 e. The van der Waals surface area contributed by atoms with Crippen LogP contribution in [0.5, 0.6) is 5.75 Å². The van der Waals surface area contributed by atoms with Crippen molar-refractivity contribution in [3.8, 4) is 5.75 Å². The number of carboxylic acids is 1. The average Bonchev–Trinajstić information content (AvgIpc) is 2.57. The number of benzene rings is 1. The number of ether oxygens (including phenoxy) is 2. The van der Waals surface area contributed by atoms with Crippen molar-refractivity contribution in [2.45, 2.75) is 52.7 Å². The number of halogens is 1. The van der Waals surface area contributed by atoms with E-state index in [9.17, 15) is 19.5 Å². The summed E-state index contributed by atoms with van der Waals surface area (Å²) in [5.41, 5.74) is -1.21. The second-order valence-electron chi connectivity index (χ2n) is 8.28. The summed E-state index contributed by atoms with van der Waals surface area (Å²) >= 11 is 6.14. The first-order chi connectivity index (χ1) is 13.2. The number of rotatable bonds is 8. The van der Waals surface area contributed by atoms with Crippen LogP contribution >= 0.6 is 11.6 Å². The van der Waals surface area contributed by atoms with Crippen LogP contribution in [0.15, 0.2) is 18.2 Å². The molecule has 0 bridgehead atoms. The fourth-order valence-corrected chi connectivity index (χ4v) is 2.52. The molecule has 29 heavy (non-hydrogen) atoms.